The maximum Gasteiger partial charge on any atom is 0.131 e. The Bertz CT molecular complexity index is 427. The standard InChI is InChI=1S/C14H25N3OS/c1-8-9(2)18-10(3)12(8)13-17-16-11(19-13)7-15-14(4,5)6/h8-10,12,15H,7H2,1-6H3. The zero-order valence-corrected chi connectivity index (χ0v) is 13.5. The van der Waals surface area contributed by atoms with Crippen LogP contribution in [0, 0.1) is 5.92 Å². The smallest absolute Gasteiger partial charge is 0.131 e. The lowest BCUT2D eigenvalue weighted by atomic mass is 9.90. The first kappa shape index (κ1) is 14.9. The van der Waals surface area contributed by atoms with Crippen LogP contribution in [-0.2, 0) is 11.3 Å². The minimum Gasteiger partial charge on any atom is -0.375 e. The van der Waals surface area contributed by atoms with E-state index in [0.29, 0.717) is 17.9 Å². The summed E-state index contributed by atoms with van der Waals surface area (Å²) >= 11 is 1.72. The lowest BCUT2D eigenvalue weighted by Crippen LogP contribution is -2.35. The van der Waals surface area contributed by atoms with Crippen molar-refractivity contribution in [3.63, 3.8) is 0 Å². The van der Waals surface area contributed by atoms with Gasteiger partial charge in [0.1, 0.15) is 10.0 Å². The van der Waals surface area contributed by atoms with E-state index < -0.39 is 0 Å². The summed E-state index contributed by atoms with van der Waals surface area (Å²) in [6, 6.07) is 0. The number of nitrogens with zero attached hydrogens (tertiary/aromatic N) is 2. The Balaban J connectivity index is 2.05. The molecule has 1 aromatic rings. The van der Waals surface area contributed by atoms with Gasteiger partial charge in [-0.2, -0.15) is 0 Å². The van der Waals surface area contributed by atoms with Crippen LogP contribution in [0.15, 0.2) is 0 Å². The molecule has 2 rings (SSSR count). The van der Waals surface area contributed by atoms with Crippen LogP contribution < -0.4 is 5.32 Å². The first-order valence-electron chi connectivity index (χ1n) is 7.00. The van der Waals surface area contributed by atoms with Gasteiger partial charge in [-0.05, 0) is 40.5 Å². The van der Waals surface area contributed by atoms with Crippen molar-refractivity contribution in [3.05, 3.63) is 10.0 Å². The molecule has 0 aliphatic carbocycles. The first-order chi connectivity index (χ1) is 8.78. The van der Waals surface area contributed by atoms with Crippen molar-refractivity contribution in [2.24, 2.45) is 5.92 Å². The summed E-state index contributed by atoms with van der Waals surface area (Å²) in [4.78, 5) is 0. The van der Waals surface area contributed by atoms with E-state index in [0.717, 1.165) is 16.6 Å². The molecule has 4 atom stereocenters. The highest BCUT2D eigenvalue weighted by Crippen LogP contribution is 2.40. The average Bonchev–Trinajstić information content (AvgIpc) is 2.82. The fourth-order valence-corrected chi connectivity index (χ4v) is 3.60. The Labute approximate surface area is 120 Å². The van der Waals surface area contributed by atoms with Crippen molar-refractivity contribution in [1.29, 1.82) is 0 Å². The van der Waals surface area contributed by atoms with Gasteiger partial charge in [0.2, 0.25) is 0 Å². The molecule has 1 saturated heterocycles. The van der Waals surface area contributed by atoms with Gasteiger partial charge >= 0.3 is 0 Å². The molecule has 0 spiro atoms. The predicted molar refractivity (Wildman–Crippen MR) is 78.4 cm³/mol. The van der Waals surface area contributed by atoms with Crippen molar-refractivity contribution < 1.29 is 4.74 Å². The Morgan fingerprint density at radius 2 is 1.84 bits per heavy atom. The van der Waals surface area contributed by atoms with Crippen molar-refractivity contribution in [1.82, 2.24) is 15.5 Å². The van der Waals surface area contributed by atoms with Crippen LogP contribution in [0.5, 0.6) is 0 Å². The molecule has 1 N–H and O–H groups in total. The van der Waals surface area contributed by atoms with Crippen LogP contribution in [-0.4, -0.2) is 27.9 Å². The Morgan fingerprint density at radius 1 is 1.16 bits per heavy atom. The number of ether oxygens (including phenoxy) is 1. The molecule has 0 saturated carbocycles. The van der Waals surface area contributed by atoms with Crippen LogP contribution in [0.1, 0.15) is 57.5 Å². The summed E-state index contributed by atoms with van der Waals surface area (Å²) in [5.74, 6) is 0.891. The summed E-state index contributed by atoms with van der Waals surface area (Å²) in [5.41, 5.74) is 0.109. The predicted octanol–water partition coefficient (Wildman–Crippen LogP) is 2.95. The van der Waals surface area contributed by atoms with E-state index in [4.69, 9.17) is 4.74 Å². The molecule has 0 bridgehead atoms. The second-order valence-corrected chi connectivity index (χ2v) is 7.66. The van der Waals surface area contributed by atoms with Crippen molar-refractivity contribution in [2.45, 2.75) is 71.8 Å². The summed E-state index contributed by atoms with van der Waals surface area (Å²) < 4.78 is 5.89. The SMILES string of the molecule is CC1OC(C)C(c2nnc(CNC(C)(C)C)s2)C1C. The Kier molecular flexibility index (Phi) is 4.28. The zero-order chi connectivity index (χ0) is 14.2. The number of rotatable bonds is 3. The topological polar surface area (TPSA) is 47.0 Å². The van der Waals surface area contributed by atoms with Gasteiger partial charge in [0.05, 0.1) is 18.8 Å². The zero-order valence-electron chi connectivity index (χ0n) is 12.7. The molecular weight excluding hydrogens is 258 g/mol. The Morgan fingerprint density at radius 3 is 2.37 bits per heavy atom. The number of aromatic nitrogens is 2. The fraction of sp³-hybridized carbons (Fsp3) is 0.857. The quantitative estimate of drug-likeness (QED) is 0.926. The first-order valence-corrected chi connectivity index (χ1v) is 7.82. The molecule has 0 radical (unpaired) electrons. The fourth-order valence-electron chi connectivity index (χ4n) is 2.51. The third-order valence-corrected chi connectivity index (χ3v) is 4.80. The highest BCUT2D eigenvalue weighted by Gasteiger charge is 2.39. The average molecular weight is 283 g/mol. The van der Waals surface area contributed by atoms with E-state index in [1.165, 1.54) is 0 Å². The van der Waals surface area contributed by atoms with E-state index >= 15 is 0 Å². The number of nitrogens with one attached hydrogen (secondary N) is 1. The van der Waals surface area contributed by atoms with Crippen LogP contribution in [0.4, 0.5) is 0 Å². The molecule has 0 amide bonds. The molecule has 4 nitrogen and oxygen atoms in total. The van der Waals surface area contributed by atoms with E-state index in [-0.39, 0.29) is 11.6 Å². The van der Waals surface area contributed by atoms with Crippen LogP contribution in [0.25, 0.3) is 0 Å². The second-order valence-electron chi connectivity index (χ2n) is 6.57. The molecule has 2 heterocycles. The van der Waals surface area contributed by atoms with Crippen molar-refractivity contribution >= 4 is 11.3 Å². The highest BCUT2D eigenvalue weighted by molar-refractivity contribution is 7.11. The molecule has 19 heavy (non-hydrogen) atoms. The molecule has 4 unspecified atom stereocenters. The van der Waals surface area contributed by atoms with Crippen LogP contribution in [0.3, 0.4) is 0 Å². The lowest BCUT2D eigenvalue weighted by molar-refractivity contribution is 0.0556. The maximum absolute atomic E-state index is 5.89. The van der Waals surface area contributed by atoms with E-state index in [2.05, 4.69) is 57.1 Å². The van der Waals surface area contributed by atoms with Gasteiger partial charge in [-0.3, -0.25) is 0 Å². The molecule has 1 aromatic heterocycles. The molecule has 108 valence electrons. The van der Waals surface area contributed by atoms with Gasteiger partial charge in [0.25, 0.3) is 0 Å². The summed E-state index contributed by atoms with van der Waals surface area (Å²) in [6.07, 6.45) is 0.543. The summed E-state index contributed by atoms with van der Waals surface area (Å²) in [6.45, 7) is 13.8. The molecular formula is C14H25N3OS. The van der Waals surface area contributed by atoms with Crippen molar-refractivity contribution in [3.8, 4) is 0 Å². The minimum atomic E-state index is 0.109. The van der Waals surface area contributed by atoms with Gasteiger partial charge < -0.3 is 10.1 Å². The normalized spacial score (nSPS) is 31.9. The van der Waals surface area contributed by atoms with Crippen LogP contribution >= 0.6 is 11.3 Å². The van der Waals surface area contributed by atoms with E-state index in [9.17, 15) is 0 Å². The minimum absolute atomic E-state index is 0.109. The largest absolute Gasteiger partial charge is 0.375 e. The summed E-state index contributed by atoms with van der Waals surface area (Å²) in [5, 5.41) is 14.3. The van der Waals surface area contributed by atoms with Crippen LogP contribution in [0.2, 0.25) is 0 Å². The van der Waals surface area contributed by atoms with Gasteiger partial charge in [-0.15, -0.1) is 10.2 Å². The summed E-state index contributed by atoms with van der Waals surface area (Å²) in [7, 11) is 0. The van der Waals surface area contributed by atoms with Gasteiger partial charge in [0.15, 0.2) is 0 Å². The van der Waals surface area contributed by atoms with Gasteiger partial charge in [0, 0.05) is 11.5 Å². The molecule has 5 heteroatoms. The van der Waals surface area contributed by atoms with E-state index in [1.807, 2.05) is 0 Å². The monoisotopic (exact) mass is 283 g/mol. The number of hydrogen-bond donors (Lipinski definition) is 1. The van der Waals surface area contributed by atoms with Crippen molar-refractivity contribution in [2.75, 3.05) is 0 Å². The molecule has 0 aromatic carbocycles. The van der Waals surface area contributed by atoms with Gasteiger partial charge in [-0.1, -0.05) is 18.3 Å². The molecule has 1 aliphatic rings. The highest BCUT2D eigenvalue weighted by atomic mass is 32.1. The number of hydrogen-bond acceptors (Lipinski definition) is 5. The molecule has 1 aliphatic heterocycles. The second kappa shape index (κ2) is 5.46. The third kappa shape index (κ3) is 3.52. The maximum atomic E-state index is 5.89. The third-order valence-electron chi connectivity index (χ3n) is 3.78. The van der Waals surface area contributed by atoms with Gasteiger partial charge in [-0.25, -0.2) is 0 Å². The lowest BCUT2D eigenvalue weighted by Gasteiger charge is -2.19. The molecule has 1 fully saturated rings. The van der Waals surface area contributed by atoms with E-state index in [1.54, 1.807) is 11.3 Å². The Hall–Kier alpha value is -0.520.